The molecular formula is C36H45N3O5. The molecule has 8 nitrogen and oxygen atoms in total. The minimum atomic E-state index is -1.14. The van der Waals surface area contributed by atoms with Crippen molar-refractivity contribution in [3.8, 4) is 0 Å². The molecule has 3 fully saturated rings. The largest absolute Gasteiger partial charge is 0.396 e. The first-order chi connectivity index (χ1) is 21.2. The van der Waals surface area contributed by atoms with Gasteiger partial charge in [0.1, 0.15) is 11.6 Å². The fraction of sp³-hybridized carbons (Fsp3) is 0.472. The molecule has 5 rings (SSSR count). The van der Waals surface area contributed by atoms with Crippen molar-refractivity contribution >= 4 is 29.1 Å². The zero-order valence-corrected chi connectivity index (χ0v) is 26.2. The van der Waals surface area contributed by atoms with E-state index in [1.807, 2.05) is 69.3 Å². The average molecular weight is 600 g/mol. The predicted octanol–water partition coefficient (Wildman–Crippen LogP) is 4.97. The summed E-state index contributed by atoms with van der Waals surface area (Å²) >= 11 is 0. The highest BCUT2D eigenvalue weighted by Crippen LogP contribution is 2.65. The van der Waals surface area contributed by atoms with Gasteiger partial charge < -0.3 is 24.5 Å². The maximum absolute atomic E-state index is 14.9. The monoisotopic (exact) mass is 599 g/mol. The molecule has 3 aliphatic heterocycles. The maximum Gasteiger partial charge on any atom is 0.253 e. The summed E-state index contributed by atoms with van der Waals surface area (Å²) in [5, 5.41) is 9.54. The van der Waals surface area contributed by atoms with Gasteiger partial charge in [-0.25, -0.2) is 0 Å². The highest BCUT2D eigenvalue weighted by Gasteiger charge is 2.79. The molecule has 3 amide bonds. The minimum absolute atomic E-state index is 0.00949. The fourth-order valence-electron chi connectivity index (χ4n) is 7.83. The quantitative estimate of drug-likeness (QED) is 0.260. The number of aryl methyl sites for hydroxylation is 2. The molecule has 44 heavy (non-hydrogen) atoms. The zero-order valence-electron chi connectivity index (χ0n) is 26.2. The molecule has 0 aliphatic carbocycles. The Balaban J connectivity index is 1.62. The Morgan fingerprint density at radius 1 is 1.02 bits per heavy atom. The highest BCUT2D eigenvalue weighted by molar-refractivity contribution is 6.07. The van der Waals surface area contributed by atoms with Crippen LogP contribution in [0.1, 0.15) is 50.2 Å². The van der Waals surface area contributed by atoms with Crippen LogP contribution in [0.3, 0.4) is 0 Å². The topological polar surface area (TPSA) is 90.4 Å². The smallest absolute Gasteiger partial charge is 0.253 e. The van der Waals surface area contributed by atoms with Crippen molar-refractivity contribution in [3.63, 3.8) is 0 Å². The first kappa shape index (κ1) is 31.7. The van der Waals surface area contributed by atoms with Crippen LogP contribution in [-0.4, -0.2) is 71.2 Å². The molecule has 0 radical (unpaired) electrons. The van der Waals surface area contributed by atoms with Gasteiger partial charge in [0.15, 0.2) is 0 Å². The lowest BCUT2D eigenvalue weighted by Gasteiger charge is -2.37. The van der Waals surface area contributed by atoms with Crippen LogP contribution in [0.5, 0.6) is 0 Å². The molecule has 0 aromatic heterocycles. The van der Waals surface area contributed by atoms with E-state index in [1.165, 1.54) is 0 Å². The normalized spacial score (nSPS) is 26.9. The van der Waals surface area contributed by atoms with Crippen LogP contribution >= 0.6 is 0 Å². The van der Waals surface area contributed by atoms with Crippen molar-refractivity contribution in [2.24, 2.45) is 11.8 Å². The van der Waals surface area contributed by atoms with Crippen LogP contribution in [0.25, 0.3) is 0 Å². The average Bonchev–Trinajstić information content (AvgIpc) is 3.63. The lowest BCUT2D eigenvalue weighted by Crippen LogP contribution is -2.56. The lowest BCUT2D eigenvalue weighted by molar-refractivity contribution is -0.146. The summed E-state index contributed by atoms with van der Waals surface area (Å²) in [5.41, 5.74) is 1.45. The van der Waals surface area contributed by atoms with Gasteiger partial charge >= 0.3 is 0 Å². The summed E-state index contributed by atoms with van der Waals surface area (Å²) in [7, 11) is 0. The first-order valence-electron chi connectivity index (χ1n) is 15.8. The second-order valence-corrected chi connectivity index (χ2v) is 12.4. The Kier molecular flexibility index (Phi) is 9.14. The van der Waals surface area contributed by atoms with Crippen molar-refractivity contribution < 1.29 is 24.2 Å². The van der Waals surface area contributed by atoms with Gasteiger partial charge in [0.05, 0.1) is 17.4 Å². The van der Waals surface area contributed by atoms with E-state index in [0.717, 1.165) is 22.5 Å². The van der Waals surface area contributed by atoms with E-state index in [9.17, 15) is 19.5 Å². The number of carbonyl (C=O) groups is 3. The number of aliphatic hydroxyl groups excluding tert-OH is 1. The molecule has 5 atom stereocenters. The number of fused-ring (bicyclic) bond motifs is 1. The molecule has 0 saturated carbocycles. The Hall–Kier alpha value is -3.75. The van der Waals surface area contributed by atoms with E-state index in [-0.39, 0.29) is 37.4 Å². The number of rotatable bonds is 13. The van der Waals surface area contributed by atoms with Gasteiger partial charge in [-0.15, -0.1) is 13.2 Å². The number of hydrogen-bond acceptors (Lipinski definition) is 5. The number of hydrogen-bond donors (Lipinski definition) is 1. The Morgan fingerprint density at radius 3 is 2.39 bits per heavy atom. The van der Waals surface area contributed by atoms with Gasteiger partial charge in [-0.3, -0.25) is 14.4 Å². The van der Waals surface area contributed by atoms with Crippen LogP contribution in [0.4, 0.5) is 11.4 Å². The number of likely N-dealkylation sites (tertiary alicyclic amines) is 1. The number of nitrogens with zero attached hydrogens (tertiary/aromatic N) is 3. The molecule has 1 spiro atoms. The number of carbonyl (C=O) groups excluding carboxylic acids is 3. The van der Waals surface area contributed by atoms with Gasteiger partial charge in [-0.1, -0.05) is 49.4 Å². The molecule has 2 aromatic carbocycles. The number of ether oxygens (including phenoxy) is 1. The number of aliphatic hydroxyl groups is 1. The van der Waals surface area contributed by atoms with E-state index in [0.29, 0.717) is 38.6 Å². The third-order valence-corrected chi connectivity index (χ3v) is 9.87. The predicted molar refractivity (Wildman–Crippen MR) is 172 cm³/mol. The van der Waals surface area contributed by atoms with Crippen LogP contribution in [0.15, 0.2) is 73.8 Å². The summed E-state index contributed by atoms with van der Waals surface area (Å²) < 4.78 is 7.02. The van der Waals surface area contributed by atoms with E-state index < -0.39 is 29.1 Å². The molecular weight excluding hydrogens is 554 g/mol. The number of amides is 3. The SMILES string of the molecule is C=CCN(C(=O)[C@@H]1[C@H]2C(=O)N(CCCCO)C(C(=O)N(CC=C)c3cc(C)ccc3C)C23CC[C@@]1(CC)O3)c1ccccc1. The Morgan fingerprint density at radius 2 is 1.73 bits per heavy atom. The lowest BCUT2D eigenvalue weighted by atomic mass is 9.64. The van der Waals surface area contributed by atoms with Gasteiger partial charge in [0.2, 0.25) is 11.8 Å². The number of para-hydroxylation sites is 1. The summed E-state index contributed by atoms with van der Waals surface area (Å²) in [4.78, 5) is 49.2. The van der Waals surface area contributed by atoms with Crippen LogP contribution in [0.2, 0.25) is 0 Å². The summed E-state index contributed by atoms with van der Waals surface area (Å²) in [6.07, 6.45) is 6.05. The molecule has 1 N–H and O–H groups in total. The molecule has 3 saturated heterocycles. The van der Waals surface area contributed by atoms with Crippen LogP contribution in [-0.2, 0) is 19.1 Å². The van der Waals surface area contributed by atoms with E-state index in [4.69, 9.17) is 4.74 Å². The first-order valence-corrected chi connectivity index (χ1v) is 15.8. The van der Waals surface area contributed by atoms with E-state index >= 15 is 0 Å². The molecule has 2 bridgehead atoms. The third kappa shape index (κ3) is 5.08. The molecule has 234 valence electrons. The van der Waals surface area contributed by atoms with Gasteiger partial charge in [-0.2, -0.15) is 0 Å². The number of benzene rings is 2. The Labute approximate surface area is 261 Å². The number of unbranched alkanes of at least 4 members (excludes halogenated alkanes) is 1. The second kappa shape index (κ2) is 12.7. The zero-order chi connectivity index (χ0) is 31.6. The van der Waals surface area contributed by atoms with E-state index in [2.05, 4.69) is 13.2 Å². The maximum atomic E-state index is 14.9. The van der Waals surface area contributed by atoms with Crippen molar-refractivity contribution in [2.75, 3.05) is 36.0 Å². The number of anilines is 2. The minimum Gasteiger partial charge on any atom is -0.396 e. The summed E-state index contributed by atoms with van der Waals surface area (Å²) in [6.45, 7) is 14.6. The second-order valence-electron chi connectivity index (χ2n) is 12.4. The van der Waals surface area contributed by atoms with Gasteiger partial charge in [0, 0.05) is 37.6 Å². The fourth-order valence-corrected chi connectivity index (χ4v) is 7.83. The molecule has 8 heteroatoms. The summed E-state index contributed by atoms with van der Waals surface area (Å²) in [5.74, 6) is -2.18. The van der Waals surface area contributed by atoms with Crippen molar-refractivity contribution in [1.29, 1.82) is 0 Å². The highest BCUT2D eigenvalue weighted by atomic mass is 16.5. The van der Waals surface area contributed by atoms with Crippen molar-refractivity contribution in [2.45, 2.75) is 70.1 Å². The standard InChI is InChI=1S/C36H45N3O5/c1-6-20-37(27-14-10-9-11-15-27)32(41)29-30-33(42)39(22-12-13-23-40)31(36(30)19-18-35(29,8-3)44-36)34(43)38(21-7-2)28-24-25(4)16-17-26(28)5/h6-7,9-11,14-17,24,29-31,40H,1-2,8,12-13,18-23H2,3-5H3/t29-,30-,31?,35+,36?/m0/s1. The summed E-state index contributed by atoms with van der Waals surface area (Å²) in [6, 6.07) is 14.5. The molecule has 3 heterocycles. The molecule has 2 unspecified atom stereocenters. The Bertz CT molecular complexity index is 1430. The van der Waals surface area contributed by atoms with Crippen LogP contribution in [0, 0.1) is 25.7 Å². The molecule has 3 aliphatic rings. The van der Waals surface area contributed by atoms with Gasteiger partial charge in [0.25, 0.3) is 5.91 Å². The van der Waals surface area contributed by atoms with Crippen LogP contribution < -0.4 is 9.80 Å². The third-order valence-electron chi connectivity index (χ3n) is 9.87. The van der Waals surface area contributed by atoms with Crippen molar-refractivity contribution in [1.82, 2.24) is 4.90 Å². The van der Waals surface area contributed by atoms with E-state index in [1.54, 1.807) is 26.9 Å². The van der Waals surface area contributed by atoms with Crippen molar-refractivity contribution in [3.05, 3.63) is 85.0 Å². The molecule has 2 aromatic rings. The van der Waals surface area contributed by atoms with Gasteiger partial charge in [-0.05, 0) is 75.3 Å².